The Balaban J connectivity index is 2.26. The number of carbonyl (C=O) groups excluding carboxylic acids is 1. The van der Waals surface area contributed by atoms with Crippen LogP contribution in [-0.4, -0.2) is 10.9 Å². The highest BCUT2D eigenvalue weighted by Gasteiger charge is 2.26. The van der Waals surface area contributed by atoms with E-state index in [0.717, 1.165) is 5.56 Å². The highest BCUT2D eigenvalue weighted by atomic mass is 35.5. The summed E-state index contributed by atoms with van der Waals surface area (Å²) in [7, 11) is 0. The molecule has 0 aliphatic carbocycles. The monoisotopic (exact) mass is 305 g/mol. The first-order valence-electron chi connectivity index (χ1n) is 6.19. The summed E-state index contributed by atoms with van der Waals surface area (Å²) in [6.45, 7) is 1.70. The van der Waals surface area contributed by atoms with Crippen LogP contribution in [0.1, 0.15) is 28.9 Å². The average Bonchev–Trinajstić information content (AvgIpc) is 2.47. The average molecular weight is 306 g/mol. The zero-order valence-corrected chi connectivity index (χ0v) is 11.9. The van der Waals surface area contributed by atoms with Gasteiger partial charge in [0.05, 0.1) is 4.92 Å². The number of hydrogen-bond donors (Lipinski definition) is 0. The molecule has 0 aromatic heterocycles. The van der Waals surface area contributed by atoms with Crippen molar-refractivity contribution in [2.24, 2.45) is 0 Å². The predicted molar refractivity (Wildman–Crippen MR) is 78.4 cm³/mol. The van der Waals surface area contributed by atoms with Crippen LogP contribution < -0.4 is 0 Å². The number of nitro groups is 1. The van der Waals surface area contributed by atoms with Crippen molar-refractivity contribution in [1.82, 2.24) is 0 Å². The fraction of sp³-hybridized carbons (Fsp3) is 0.133. The van der Waals surface area contributed by atoms with Gasteiger partial charge in [-0.2, -0.15) is 0 Å². The smallest absolute Gasteiger partial charge is 0.345 e. The Hall–Kier alpha value is -2.40. The zero-order chi connectivity index (χ0) is 15.4. The third-order valence-corrected chi connectivity index (χ3v) is 3.25. The number of rotatable bonds is 4. The van der Waals surface area contributed by atoms with Gasteiger partial charge in [0.2, 0.25) is 0 Å². The quantitative estimate of drug-likeness (QED) is 0.483. The lowest BCUT2D eigenvalue weighted by molar-refractivity contribution is -0.385. The van der Waals surface area contributed by atoms with E-state index in [1.165, 1.54) is 18.2 Å². The first-order chi connectivity index (χ1) is 10.0. The van der Waals surface area contributed by atoms with Crippen LogP contribution in [-0.2, 0) is 4.74 Å². The summed E-state index contributed by atoms with van der Waals surface area (Å²) in [4.78, 5) is 22.4. The normalized spacial score (nSPS) is 11.7. The van der Waals surface area contributed by atoms with Gasteiger partial charge < -0.3 is 4.74 Å². The molecule has 21 heavy (non-hydrogen) atoms. The molecule has 0 aliphatic rings. The second kappa shape index (κ2) is 6.37. The molecule has 2 aromatic carbocycles. The number of nitrogens with zero attached hydrogens (tertiary/aromatic N) is 1. The number of esters is 1. The Kier molecular flexibility index (Phi) is 4.55. The summed E-state index contributed by atoms with van der Waals surface area (Å²) in [6, 6.07) is 13.3. The molecular formula is C15H12ClNO4. The largest absolute Gasteiger partial charge is 0.454 e. The highest BCUT2D eigenvalue weighted by Crippen LogP contribution is 2.30. The maximum absolute atomic E-state index is 12.1. The van der Waals surface area contributed by atoms with Crippen molar-refractivity contribution in [3.05, 3.63) is 74.8 Å². The third kappa shape index (κ3) is 3.38. The minimum absolute atomic E-state index is 0.0955. The lowest BCUT2D eigenvalue weighted by Crippen LogP contribution is -2.11. The molecule has 0 saturated carbocycles. The first kappa shape index (κ1) is 15.0. The molecule has 0 spiro atoms. The van der Waals surface area contributed by atoms with E-state index in [9.17, 15) is 14.9 Å². The summed E-state index contributed by atoms with van der Waals surface area (Å²) in [5.74, 6) is -0.777. The van der Waals surface area contributed by atoms with Crippen LogP contribution in [0.2, 0.25) is 5.02 Å². The van der Waals surface area contributed by atoms with Crippen LogP contribution in [0.5, 0.6) is 0 Å². The van der Waals surface area contributed by atoms with E-state index in [1.54, 1.807) is 6.92 Å². The summed E-state index contributed by atoms with van der Waals surface area (Å²) in [5, 5.41) is 10.9. The van der Waals surface area contributed by atoms with Crippen molar-refractivity contribution in [2.45, 2.75) is 13.0 Å². The van der Waals surface area contributed by atoms with Crippen LogP contribution in [0.25, 0.3) is 0 Å². The molecular weight excluding hydrogens is 294 g/mol. The van der Waals surface area contributed by atoms with Gasteiger partial charge in [0.15, 0.2) is 0 Å². The number of halogens is 1. The molecule has 1 unspecified atom stereocenters. The molecule has 5 nitrogen and oxygen atoms in total. The van der Waals surface area contributed by atoms with Crippen molar-refractivity contribution < 1.29 is 14.5 Å². The number of carbonyl (C=O) groups is 1. The van der Waals surface area contributed by atoms with Gasteiger partial charge in [0.1, 0.15) is 16.7 Å². The summed E-state index contributed by atoms with van der Waals surface area (Å²) >= 11 is 5.77. The molecule has 2 rings (SSSR count). The van der Waals surface area contributed by atoms with Gasteiger partial charge in [-0.25, -0.2) is 4.79 Å². The van der Waals surface area contributed by atoms with Gasteiger partial charge in [-0.15, -0.1) is 0 Å². The molecule has 0 amide bonds. The highest BCUT2D eigenvalue weighted by molar-refractivity contribution is 6.33. The molecule has 108 valence electrons. The molecule has 0 heterocycles. The first-order valence-corrected chi connectivity index (χ1v) is 6.57. The van der Waals surface area contributed by atoms with Gasteiger partial charge in [0, 0.05) is 0 Å². The summed E-state index contributed by atoms with van der Waals surface area (Å²) in [5.41, 5.74) is 0.204. The molecule has 0 fully saturated rings. The molecule has 0 bridgehead atoms. The van der Waals surface area contributed by atoms with Crippen molar-refractivity contribution in [1.29, 1.82) is 0 Å². The van der Waals surface area contributed by atoms with Gasteiger partial charge in [-0.3, -0.25) is 10.1 Å². The molecule has 2 aromatic rings. The van der Waals surface area contributed by atoms with E-state index >= 15 is 0 Å². The third-order valence-electron chi connectivity index (χ3n) is 2.94. The maximum atomic E-state index is 12.1. The molecule has 0 N–H and O–H groups in total. The Bertz CT molecular complexity index is 673. The van der Waals surface area contributed by atoms with Gasteiger partial charge >= 0.3 is 11.7 Å². The molecule has 1 atom stereocenters. The zero-order valence-electron chi connectivity index (χ0n) is 11.2. The Labute approximate surface area is 126 Å². The molecule has 0 saturated heterocycles. The maximum Gasteiger partial charge on any atom is 0.345 e. The topological polar surface area (TPSA) is 69.4 Å². The van der Waals surface area contributed by atoms with E-state index < -0.39 is 22.7 Å². The summed E-state index contributed by atoms with van der Waals surface area (Å²) in [6.07, 6.45) is -0.516. The number of hydrogen-bond acceptors (Lipinski definition) is 4. The SMILES string of the molecule is CC(OC(=O)c1cccc(Cl)c1[N+](=O)[O-])c1ccccc1. The van der Waals surface area contributed by atoms with E-state index in [1.807, 2.05) is 30.3 Å². The fourth-order valence-corrected chi connectivity index (χ4v) is 2.13. The molecule has 6 heteroatoms. The Morgan fingerprint density at radius 3 is 2.48 bits per heavy atom. The summed E-state index contributed by atoms with van der Waals surface area (Å²) < 4.78 is 5.27. The second-order valence-corrected chi connectivity index (χ2v) is 4.76. The lowest BCUT2D eigenvalue weighted by atomic mass is 10.1. The van der Waals surface area contributed by atoms with Crippen molar-refractivity contribution in [3.8, 4) is 0 Å². The van der Waals surface area contributed by atoms with Crippen molar-refractivity contribution in [2.75, 3.05) is 0 Å². The Morgan fingerprint density at radius 1 is 1.19 bits per heavy atom. The van der Waals surface area contributed by atoms with Crippen LogP contribution in [0.4, 0.5) is 5.69 Å². The van der Waals surface area contributed by atoms with Crippen LogP contribution in [0.15, 0.2) is 48.5 Å². The lowest BCUT2D eigenvalue weighted by Gasteiger charge is -2.13. The van der Waals surface area contributed by atoms with Crippen LogP contribution >= 0.6 is 11.6 Å². The molecule has 0 aliphatic heterocycles. The molecule has 0 radical (unpaired) electrons. The van der Waals surface area contributed by atoms with Crippen molar-refractivity contribution in [3.63, 3.8) is 0 Å². The number of nitro benzene ring substituents is 1. The van der Waals surface area contributed by atoms with Gasteiger partial charge in [0.25, 0.3) is 0 Å². The fourth-order valence-electron chi connectivity index (χ4n) is 1.88. The van der Waals surface area contributed by atoms with Crippen LogP contribution in [0, 0.1) is 10.1 Å². The van der Waals surface area contributed by atoms with E-state index in [-0.39, 0.29) is 10.6 Å². The second-order valence-electron chi connectivity index (χ2n) is 4.35. The standard InChI is InChI=1S/C15H12ClNO4/c1-10(11-6-3-2-4-7-11)21-15(18)12-8-5-9-13(16)14(12)17(19)20/h2-10H,1H3. The van der Waals surface area contributed by atoms with E-state index in [4.69, 9.17) is 16.3 Å². The number of para-hydroxylation sites is 1. The number of ether oxygens (including phenoxy) is 1. The van der Waals surface area contributed by atoms with Crippen LogP contribution in [0.3, 0.4) is 0 Å². The van der Waals surface area contributed by atoms with Crippen molar-refractivity contribution >= 4 is 23.3 Å². The number of benzene rings is 2. The predicted octanol–water partition coefficient (Wildman–Crippen LogP) is 4.17. The Morgan fingerprint density at radius 2 is 1.86 bits per heavy atom. The minimum Gasteiger partial charge on any atom is -0.454 e. The van der Waals surface area contributed by atoms with E-state index in [0.29, 0.717) is 0 Å². The van der Waals surface area contributed by atoms with Gasteiger partial charge in [-0.05, 0) is 24.6 Å². The van der Waals surface area contributed by atoms with E-state index in [2.05, 4.69) is 0 Å². The minimum atomic E-state index is -0.777. The van der Waals surface area contributed by atoms with Gasteiger partial charge in [-0.1, -0.05) is 48.0 Å².